The minimum atomic E-state index is -0.469. The molecule has 3 aliphatic rings. The molecule has 1 aliphatic carbocycles. The summed E-state index contributed by atoms with van der Waals surface area (Å²) in [5.41, 5.74) is 1.65. The zero-order valence-corrected chi connectivity index (χ0v) is 39.9. The Labute approximate surface area is 420 Å². The highest BCUT2D eigenvalue weighted by Gasteiger charge is 2.29. The third kappa shape index (κ3) is 19.1. The van der Waals surface area contributed by atoms with Crippen molar-refractivity contribution in [2.24, 2.45) is 5.92 Å². The maximum absolute atomic E-state index is 12.7. The van der Waals surface area contributed by atoms with Crippen LogP contribution in [0.5, 0.6) is 23.0 Å². The number of hydrogen-bond donors (Lipinski definition) is 5. The molecule has 5 aromatic rings. The van der Waals surface area contributed by atoms with Gasteiger partial charge in [-0.15, -0.1) is 12.4 Å². The fraction of sp³-hybridized carbons (Fsp3) is 0.385. The van der Waals surface area contributed by atoms with E-state index in [0.29, 0.717) is 54.1 Å². The van der Waals surface area contributed by atoms with E-state index >= 15 is 0 Å². The molecular weight excluding hydrogens is 942 g/mol. The number of carbonyl (C=O) groups is 5. The quantitative estimate of drug-likeness (QED) is 0.0650. The molecule has 0 bridgehead atoms. The summed E-state index contributed by atoms with van der Waals surface area (Å²) in [5, 5.41) is 45.0. The van der Waals surface area contributed by atoms with Crippen LogP contribution in [-0.4, -0.2) is 125 Å². The highest BCUT2D eigenvalue weighted by Crippen LogP contribution is 2.28. The Hall–Kier alpha value is -6.46. The number of likely N-dealkylation sites (tertiary alicyclic amines) is 2. The number of hydrogen-bond acceptors (Lipinski definition) is 14. The van der Waals surface area contributed by atoms with Crippen LogP contribution in [-0.2, 0) is 0 Å². The minimum absolute atomic E-state index is 0. The van der Waals surface area contributed by atoms with Gasteiger partial charge in [0.05, 0.1) is 46.5 Å². The minimum Gasteiger partial charge on any atom is -0.507 e. The summed E-state index contributed by atoms with van der Waals surface area (Å²) >= 11 is 5.12. The number of carbonyl (C=O) groups excluding carboxylic acids is 5. The van der Waals surface area contributed by atoms with E-state index in [1.165, 1.54) is 62.6 Å². The lowest BCUT2D eigenvalue weighted by Crippen LogP contribution is -2.46. The van der Waals surface area contributed by atoms with Crippen LogP contribution in [0.2, 0.25) is 0 Å². The molecule has 18 heteroatoms. The molecule has 2 aromatic carbocycles. The van der Waals surface area contributed by atoms with Crippen LogP contribution in [0.4, 0.5) is 0 Å². The average Bonchev–Trinajstić information content (AvgIpc) is 3.39. The van der Waals surface area contributed by atoms with Gasteiger partial charge in [0.25, 0.3) is 17.1 Å². The van der Waals surface area contributed by atoms with Crippen molar-refractivity contribution in [2.45, 2.75) is 90.1 Å². The van der Waals surface area contributed by atoms with Gasteiger partial charge in [-0.1, -0.05) is 38.8 Å². The van der Waals surface area contributed by atoms with E-state index in [9.17, 15) is 34.2 Å². The first-order chi connectivity index (χ1) is 33.0. The van der Waals surface area contributed by atoms with E-state index in [1.54, 1.807) is 84.4 Å². The average molecular weight is 1010 g/mol. The molecule has 5 N–H and O–H groups in total. The lowest BCUT2D eigenvalue weighted by atomic mass is 9.90. The topological polar surface area (TPSA) is 241 Å². The standard InChI is InChI=1S/C19H20N2O4.C12H16N2O2.C7H6O3.C7H14O.C6H4ClNO.CH4.ClH/c22-12-16-17(23)7-3-8-18(16)25-13-15-6-1-2-10-21(15)19(24)14-5-4-9-20-11-14;15-9-11-5-1-2-7-14(11)12(16)10-4-3-6-13-8-10;8-4-5-6(9)2-1-3-7(5)10;8-6-7-4-2-1-3-5-7;7-6(9)5-2-1-3-8-4-5;;/h3-5,7-9,11-12,15,23H,1-2,6,10,13H2;3-4,6,8,11,15H,1-2,5,7,9H2;1-4,9-10H;7-8H,1-6H2;1-4H;1H4;1H/t15-;11-;;;;;/m00...../s1. The predicted octanol–water partition coefficient (Wildman–Crippen LogP) is 8.73. The first-order valence-electron chi connectivity index (χ1n) is 22.6. The molecule has 2 amide bonds. The molecule has 378 valence electrons. The van der Waals surface area contributed by atoms with Gasteiger partial charge in [-0.05, 0) is 130 Å². The molecule has 0 radical (unpaired) electrons. The lowest BCUT2D eigenvalue weighted by molar-refractivity contribution is 0.0501. The molecule has 0 spiro atoms. The van der Waals surface area contributed by atoms with Crippen LogP contribution in [0.25, 0.3) is 0 Å². The van der Waals surface area contributed by atoms with Crippen LogP contribution in [0.1, 0.15) is 130 Å². The molecule has 1 saturated carbocycles. The second-order valence-corrected chi connectivity index (χ2v) is 16.5. The van der Waals surface area contributed by atoms with Crippen molar-refractivity contribution in [1.82, 2.24) is 24.8 Å². The zero-order chi connectivity index (χ0) is 49.1. The molecule has 3 aromatic heterocycles. The first kappa shape index (κ1) is 59.7. The van der Waals surface area contributed by atoms with Crippen LogP contribution in [0, 0.1) is 5.92 Å². The first-order valence-corrected chi connectivity index (χ1v) is 23.0. The van der Waals surface area contributed by atoms with Crippen molar-refractivity contribution >= 4 is 53.6 Å². The molecule has 0 unspecified atom stereocenters. The van der Waals surface area contributed by atoms with Gasteiger partial charge >= 0.3 is 0 Å². The predicted molar refractivity (Wildman–Crippen MR) is 269 cm³/mol. The number of aromatic hydroxyl groups is 3. The van der Waals surface area contributed by atoms with E-state index in [0.717, 1.165) is 45.1 Å². The van der Waals surface area contributed by atoms with E-state index in [-0.39, 0.29) is 85.3 Å². The smallest absolute Gasteiger partial charge is 0.255 e. The summed E-state index contributed by atoms with van der Waals surface area (Å²) in [6, 6.07) is 19.0. The second kappa shape index (κ2) is 33.1. The summed E-state index contributed by atoms with van der Waals surface area (Å²) in [4.78, 5) is 71.7. The van der Waals surface area contributed by atoms with Crippen LogP contribution in [0.15, 0.2) is 110 Å². The number of phenols is 3. The monoisotopic (exact) mass is 1010 g/mol. The maximum atomic E-state index is 12.7. The molecule has 5 heterocycles. The van der Waals surface area contributed by atoms with Crippen molar-refractivity contribution < 1.29 is 54.2 Å². The number of amides is 2. The van der Waals surface area contributed by atoms with Gasteiger partial charge in [-0.3, -0.25) is 38.9 Å². The summed E-state index contributed by atoms with van der Waals surface area (Å²) < 4.78 is 5.76. The third-order valence-corrected chi connectivity index (χ3v) is 11.7. The van der Waals surface area contributed by atoms with Crippen molar-refractivity contribution in [3.63, 3.8) is 0 Å². The van der Waals surface area contributed by atoms with Gasteiger partial charge in [0.1, 0.15) is 29.6 Å². The Bertz CT molecular complexity index is 2290. The largest absolute Gasteiger partial charge is 0.507 e. The van der Waals surface area contributed by atoms with E-state index < -0.39 is 5.24 Å². The van der Waals surface area contributed by atoms with E-state index in [2.05, 4.69) is 15.0 Å². The molecule has 2 aliphatic heterocycles. The highest BCUT2D eigenvalue weighted by atomic mass is 35.5. The molecular formula is C52H65Cl2N5O11. The number of benzene rings is 2. The number of ether oxygens (including phenoxy) is 1. The van der Waals surface area contributed by atoms with Crippen molar-refractivity contribution in [1.29, 1.82) is 0 Å². The van der Waals surface area contributed by atoms with Gasteiger partial charge in [0, 0.05) is 56.9 Å². The zero-order valence-electron chi connectivity index (χ0n) is 38.3. The van der Waals surface area contributed by atoms with Crippen LogP contribution < -0.4 is 4.74 Å². The number of nitrogens with zero attached hydrogens (tertiary/aromatic N) is 5. The fourth-order valence-corrected chi connectivity index (χ4v) is 7.79. The number of pyridine rings is 3. The maximum Gasteiger partial charge on any atom is 0.255 e. The van der Waals surface area contributed by atoms with Gasteiger partial charge in [0.15, 0.2) is 12.6 Å². The highest BCUT2D eigenvalue weighted by molar-refractivity contribution is 6.67. The molecule has 2 atom stereocenters. The number of halogens is 2. The molecule has 2 saturated heterocycles. The van der Waals surface area contributed by atoms with E-state index in [1.807, 2.05) is 4.90 Å². The number of aliphatic hydroxyl groups is 2. The van der Waals surface area contributed by atoms with Crippen molar-refractivity contribution in [3.05, 3.63) is 138 Å². The Morgan fingerprint density at radius 3 is 1.43 bits per heavy atom. The molecule has 3 fully saturated rings. The molecule has 70 heavy (non-hydrogen) atoms. The number of aromatic nitrogens is 3. The SMILES string of the molecule is C.Cl.O=C(Cl)c1cccnc1.O=C(c1cccnc1)N1CCCC[C@H]1CO.O=Cc1c(O)cccc1O.O=Cc1c(O)cccc1OC[C@@H]1CCCCN1C(=O)c1cccnc1.OCC1CCCCC1. The Balaban J connectivity index is 0.000000321. The Morgan fingerprint density at radius 1 is 0.586 bits per heavy atom. The van der Waals surface area contributed by atoms with E-state index in [4.69, 9.17) is 31.7 Å². The van der Waals surface area contributed by atoms with Gasteiger partial charge < -0.3 is 40.1 Å². The van der Waals surface area contributed by atoms with Crippen molar-refractivity contribution in [2.75, 3.05) is 32.9 Å². The lowest BCUT2D eigenvalue weighted by Gasteiger charge is -2.35. The number of aldehydes is 2. The fourth-order valence-electron chi connectivity index (χ4n) is 7.68. The van der Waals surface area contributed by atoms with Gasteiger partial charge in [-0.2, -0.15) is 0 Å². The summed E-state index contributed by atoms with van der Waals surface area (Å²) in [5.74, 6) is 0.377. The number of phenolic OH excluding ortho intramolecular Hbond substituents is 3. The second-order valence-electron chi connectivity index (χ2n) is 16.1. The normalized spacial score (nSPS) is 16.0. The number of rotatable bonds is 10. The van der Waals surface area contributed by atoms with Crippen molar-refractivity contribution in [3.8, 4) is 23.0 Å². The third-order valence-electron chi connectivity index (χ3n) is 11.4. The summed E-state index contributed by atoms with van der Waals surface area (Å²) in [7, 11) is 0. The number of piperidine rings is 2. The summed E-state index contributed by atoms with van der Waals surface area (Å²) in [6.07, 6.45) is 22.8. The molecule has 16 nitrogen and oxygen atoms in total. The van der Waals surface area contributed by atoms with Gasteiger partial charge in [-0.25, -0.2) is 0 Å². The summed E-state index contributed by atoms with van der Waals surface area (Å²) in [6.45, 7) is 2.14. The Morgan fingerprint density at radius 2 is 1.03 bits per heavy atom. The number of aliphatic hydroxyl groups excluding tert-OH is 2. The van der Waals surface area contributed by atoms with Gasteiger partial charge in [0.2, 0.25) is 0 Å². The van der Waals surface area contributed by atoms with Crippen LogP contribution >= 0.6 is 24.0 Å². The van der Waals surface area contributed by atoms with Crippen LogP contribution in [0.3, 0.4) is 0 Å². The Kier molecular flexibility index (Phi) is 28.2. The molecule has 8 rings (SSSR count).